The molecule has 22 heavy (non-hydrogen) atoms. The maximum atomic E-state index is 13.8. The fourth-order valence-corrected chi connectivity index (χ4v) is 2.97. The second-order valence-corrected chi connectivity index (χ2v) is 6.59. The molecule has 0 saturated carbocycles. The van der Waals surface area contributed by atoms with Crippen LogP contribution in [-0.2, 0) is 11.3 Å². The number of likely N-dealkylation sites (tertiary alicyclic amines) is 1. The molecular formula is C17H26FN3O. The standard InChI is InChI=1S/C17H26FN3O/c1-17(2,18)16(22)21-11-6-8-15(9-12-21)20(3)13-14-7-4-5-10-19-14/h4-5,7,10,15H,6,8-9,11-13H2,1-3H3/t15-/m1/s1. The van der Waals surface area contributed by atoms with Gasteiger partial charge in [-0.05, 0) is 52.3 Å². The van der Waals surface area contributed by atoms with Crippen LogP contribution in [0.25, 0.3) is 0 Å². The van der Waals surface area contributed by atoms with E-state index in [0.29, 0.717) is 19.1 Å². The minimum atomic E-state index is -1.78. The number of carbonyl (C=O) groups excluding carboxylic acids is 1. The van der Waals surface area contributed by atoms with Gasteiger partial charge in [0, 0.05) is 31.9 Å². The van der Waals surface area contributed by atoms with E-state index in [0.717, 1.165) is 31.5 Å². The highest BCUT2D eigenvalue weighted by atomic mass is 19.1. The van der Waals surface area contributed by atoms with Crippen LogP contribution in [0.1, 0.15) is 38.8 Å². The molecule has 1 fully saturated rings. The van der Waals surface area contributed by atoms with E-state index in [1.807, 2.05) is 18.2 Å². The van der Waals surface area contributed by atoms with E-state index in [-0.39, 0.29) is 5.91 Å². The van der Waals surface area contributed by atoms with Crippen LogP contribution in [0.4, 0.5) is 4.39 Å². The van der Waals surface area contributed by atoms with Crippen LogP contribution in [-0.4, -0.2) is 52.5 Å². The van der Waals surface area contributed by atoms with Crippen molar-refractivity contribution in [2.75, 3.05) is 20.1 Å². The SMILES string of the molecule is CN(Cc1ccccn1)[C@@H]1CCCN(C(=O)C(C)(C)F)CC1. The van der Waals surface area contributed by atoms with Crippen molar-refractivity contribution in [3.05, 3.63) is 30.1 Å². The Labute approximate surface area is 132 Å². The monoisotopic (exact) mass is 307 g/mol. The van der Waals surface area contributed by atoms with Gasteiger partial charge in [-0.2, -0.15) is 0 Å². The van der Waals surface area contributed by atoms with Crippen LogP contribution >= 0.6 is 0 Å². The van der Waals surface area contributed by atoms with Gasteiger partial charge in [0.05, 0.1) is 5.69 Å². The van der Waals surface area contributed by atoms with Gasteiger partial charge in [-0.3, -0.25) is 14.7 Å². The third kappa shape index (κ3) is 4.50. The van der Waals surface area contributed by atoms with Gasteiger partial charge in [-0.1, -0.05) is 6.07 Å². The fourth-order valence-electron chi connectivity index (χ4n) is 2.97. The number of halogens is 1. The zero-order chi connectivity index (χ0) is 16.2. The number of hydrogen-bond donors (Lipinski definition) is 0. The summed E-state index contributed by atoms with van der Waals surface area (Å²) in [5.41, 5.74) is -0.730. The number of carbonyl (C=O) groups is 1. The molecular weight excluding hydrogens is 281 g/mol. The Morgan fingerprint density at radius 2 is 2.18 bits per heavy atom. The lowest BCUT2D eigenvalue weighted by Crippen LogP contribution is -2.43. The van der Waals surface area contributed by atoms with Gasteiger partial charge < -0.3 is 4.90 Å². The van der Waals surface area contributed by atoms with Gasteiger partial charge in [0.1, 0.15) is 0 Å². The van der Waals surface area contributed by atoms with Gasteiger partial charge >= 0.3 is 0 Å². The third-order valence-electron chi connectivity index (χ3n) is 4.25. The number of pyridine rings is 1. The summed E-state index contributed by atoms with van der Waals surface area (Å²) in [6.07, 6.45) is 4.63. The Morgan fingerprint density at radius 1 is 1.41 bits per heavy atom. The highest BCUT2D eigenvalue weighted by molar-refractivity contribution is 5.84. The van der Waals surface area contributed by atoms with Gasteiger partial charge in [0.15, 0.2) is 5.67 Å². The number of hydrogen-bond acceptors (Lipinski definition) is 3. The first kappa shape index (κ1) is 16.9. The number of rotatable bonds is 4. The average Bonchev–Trinajstić information content (AvgIpc) is 2.72. The van der Waals surface area contributed by atoms with Gasteiger partial charge in [0.2, 0.25) is 0 Å². The first-order valence-electron chi connectivity index (χ1n) is 7.96. The predicted molar refractivity (Wildman–Crippen MR) is 85.1 cm³/mol. The summed E-state index contributed by atoms with van der Waals surface area (Å²) in [6, 6.07) is 6.33. The Bertz CT molecular complexity index is 486. The summed E-state index contributed by atoms with van der Waals surface area (Å²) < 4.78 is 13.8. The maximum Gasteiger partial charge on any atom is 0.259 e. The molecule has 1 aromatic heterocycles. The van der Waals surface area contributed by atoms with Crippen molar-refractivity contribution in [2.45, 2.75) is 51.4 Å². The number of alkyl halides is 1. The van der Waals surface area contributed by atoms with E-state index in [9.17, 15) is 9.18 Å². The molecule has 1 aliphatic heterocycles. The molecule has 4 nitrogen and oxygen atoms in total. The molecule has 0 bridgehead atoms. The molecule has 2 heterocycles. The van der Waals surface area contributed by atoms with Crippen LogP contribution in [0.5, 0.6) is 0 Å². The van der Waals surface area contributed by atoms with Gasteiger partial charge in [0.25, 0.3) is 5.91 Å². The van der Waals surface area contributed by atoms with Crippen molar-refractivity contribution in [1.29, 1.82) is 0 Å². The molecule has 122 valence electrons. The number of amides is 1. The molecule has 0 unspecified atom stereocenters. The fraction of sp³-hybridized carbons (Fsp3) is 0.647. The van der Waals surface area contributed by atoms with Crippen molar-refractivity contribution >= 4 is 5.91 Å². The van der Waals surface area contributed by atoms with E-state index in [4.69, 9.17) is 0 Å². The van der Waals surface area contributed by atoms with Crippen LogP contribution in [0.2, 0.25) is 0 Å². The lowest BCUT2D eigenvalue weighted by atomic mass is 10.1. The molecule has 5 heteroatoms. The molecule has 1 aromatic rings. The van der Waals surface area contributed by atoms with Gasteiger partial charge in [-0.15, -0.1) is 0 Å². The Balaban J connectivity index is 1.91. The second kappa shape index (κ2) is 7.18. The molecule has 1 atom stereocenters. The summed E-state index contributed by atoms with van der Waals surface area (Å²) in [7, 11) is 2.09. The van der Waals surface area contributed by atoms with Crippen LogP contribution in [0.3, 0.4) is 0 Å². The molecule has 0 spiro atoms. The van der Waals surface area contributed by atoms with E-state index in [1.54, 1.807) is 11.1 Å². The quantitative estimate of drug-likeness (QED) is 0.858. The zero-order valence-corrected chi connectivity index (χ0v) is 13.8. The highest BCUT2D eigenvalue weighted by Crippen LogP contribution is 2.21. The Hall–Kier alpha value is -1.49. The maximum absolute atomic E-state index is 13.8. The molecule has 2 rings (SSSR count). The van der Waals surface area contributed by atoms with E-state index >= 15 is 0 Å². The van der Waals surface area contributed by atoms with E-state index < -0.39 is 5.67 Å². The first-order valence-corrected chi connectivity index (χ1v) is 7.96. The average molecular weight is 307 g/mol. The molecule has 0 N–H and O–H groups in total. The second-order valence-electron chi connectivity index (χ2n) is 6.59. The Morgan fingerprint density at radius 3 is 2.82 bits per heavy atom. The molecule has 1 aliphatic rings. The lowest BCUT2D eigenvalue weighted by Gasteiger charge is -2.28. The highest BCUT2D eigenvalue weighted by Gasteiger charge is 2.33. The summed E-state index contributed by atoms with van der Waals surface area (Å²) in [5, 5.41) is 0. The van der Waals surface area contributed by atoms with E-state index in [1.165, 1.54) is 13.8 Å². The Kier molecular flexibility index (Phi) is 5.51. The number of aromatic nitrogens is 1. The summed E-state index contributed by atoms with van der Waals surface area (Å²) >= 11 is 0. The van der Waals surface area contributed by atoms with Crippen molar-refractivity contribution < 1.29 is 9.18 Å². The molecule has 1 amide bonds. The topological polar surface area (TPSA) is 36.4 Å². The normalized spacial score (nSPS) is 20.0. The van der Waals surface area contributed by atoms with Crippen molar-refractivity contribution in [2.24, 2.45) is 0 Å². The first-order chi connectivity index (χ1) is 10.4. The molecule has 0 aromatic carbocycles. The summed E-state index contributed by atoms with van der Waals surface area (Å²) in [5.74, 6) is -0.388. The largest absolute Gasteiger partial charge is 0.340 e. The lowest BCUT2D eigenvalue weighted by molar-refractivity contribution is -0.141. The van der Waals surface area contributed by atoms with E-state index in [2.05, 4.69) is 16.9 Å². The predicted octanol–water partition coefficient (Wildman–Crippen LogP) is 2.64. The van der Waals surface area contributed by atoms with Gasteiger partial charge in [-0.25, -0.2) is 4.39 Å². The summed E-state index contributed by atoms with van der Waals surface area (Å²) in [4.78, 5) is 20.4. The minimum absolute atomic E-state index is 0.388. The smallest absolute Gasteiger partial charge is 0.259 e. The van der Waals surface area contributed by atoms with Crippen molar-refractivity contribution in [3.63, 3.8) is 0 Å². The van der Waals surface area contributed by atoms with Crippen LogP contribution in [0.15, 0.2) is 24.4 Å². The third-order valence-corrected chi connectivity index (χ3v) is 4.25. The number of nitrogens with zero attached hydrogens (tertiary/aromatic N) is 3. The van der Waals surface area contributed by atoms with Crippen LogP contribution < -0.4 is 0 Å². The molecule has 1 saturated heterocycles. The minimum Gasteiger partial charge on any atom is -0.340 e. The summed E-state index contributed by atoms with van der Waals surface area (Å²) in [6.45, 7) is 4.76. The molecule has 0 radical (unpaired) electrons. The van der Waals surface area contributed by atoms with Crippen LogP contribution in [0, 0.1) is 0 Å². The van der Waals surface area contributed by atoms with Crippen molar-refractivity contribution in [3.8, 4) is 0 Å². The molecule has 0 aliphatic carbocycles. The van der Waals surface area contributed by atoms with Crippen molar-refractivity contribution in [1.82, 2.24) is 14.8 Å². The zero-order valence-electron chi connectivity index (χ0n) is 13.8.